The smallest absolute Gasteiger partial charge is 0.212 e. The summed E-state index contributed by atoms with van der Waals surface area (Å²) in [4.78, 5) is 5.84. The largest absolute Gasteiger partial charge is 0.369 e. The molecular weight excluding hydrogens is 308 g/mol. The van der Waals surface area contributed by atoms with Crippen LogP contribution in [-0.4, -0.2) is 24.1 Å². The fourth-order valence-electron chi connectivity index (χ4n) is 2.64. The van der Waals surface area contributed by atoms with E-state index in [0.29, 0.717) is 17.6 Å². The predicted molar refractivity (Wildman–Crippen MR) is 83.1 cm³/mol. The van der Waals surface area contributed by atoms with Crippen molar-refractivity contribution < 1.29 is 8.78 Å². The molecule has 0 unspecified atom stereocenters. The highest BCUT2D eigenvalue weighted by molar-refractivity contribution is 6.31. The Kier molecular flexibility index (Phi) is 4.55. The zero-order valence-corrected chi connectivity index (χ0v) is 12.7. The Morgan fingerprint density at radius 2 is 2.14 bits per heavy atom. The van der Waals surface area contributed by atoms with Gasteiger partial charge in [0.2, 0.25) is 5.95 Å². The van der Waals surface area contributed by atoms with Crippen LogP contribution in [0.5, 0.6) is 0 Å². The van der Waals surface area contributed by atoms with Crippen LogP contribution in [0.3, 0.4) is 0 Å². The number of anilines is 1. The zero-order chi connectivity index (χ0) is 15.5. The van der Waals surface area contributed by atoms with E-state index in [1.54, 1.807) is 18.3 Å². The van der Waals surface area contributed by atoms with Crippen molar-refractivity contribution in [2.24, 2.45) is 0 Å². The second-order valence-electron chi connectivity index (χ2n) is 5.39. The fraction of sp³-hybridized carbons (Fsp3) is 0.312. The molecule has 1 aliphatic heterocycles. The molecule has 0 spiro atoms. The van der Waals surface area contributed by atoms with Gasteiger partial charge in [-0.25, -0.2) is 9.37 Å². The Labute approximate surface area is 132 Å². The maximum Gasteiger partial charge on any atom is 0.212 e. The number of aromatic nitrogens is 1. The van der Waals surface area contributed by atoms with Crippen molar-refractivity contribution in [3.05, 3.63) is 58.9 Å². The standard InChI is InChI=1S/C16H16ClF2N3/c17-15-7-12(18)2-1-11(15)8-20-13-5-6-22(10-13)14-3-4-16(19)21-9-14/h1-4,7,9,13,20H,5-6,8,10H2/t13-/m0/s1. The van der Waals surface area contributed by atoms with Crippen LogP contribution in [-0.2, 0) is 6.54 Å². The molecule has 0 bridgehead atoms. The Balaban J connectivity index is 1.56. The normalized spacial score (nSPS) is 18.0. The minimum Gasteiger partial charge on any atom is -0.369 e. The molecule has 0 amide bonds. The Bertz CT molecular complexity index is 648. The summed E-state index contributed by atoms with van der Waals surface area (Å²) in [6.07, 6.45) is 2.53. The van der Waals surface area contributed by atoms with Crippen molar-refractivity contribution in [1.82, 2.24) is 10.3 Å². The third kappa shape index (κ3) is 3.54. The average Bonchev–Trinajstić information content (AvgIpc) is 2.96. The van der Waals surface area contributed by atoms with Gasteiger partial charge in [0.15, 0.2) is 0 Å². The molecule has 0 aliphatic carbocycles. The summed E-state index contributed by atoms with van der Waals surface area (Å²) in [5.74, 6) is -0.798. The molecular formula is C16H16ClF2N3. The van der Waals surface area contributed by atoms with Crippen LogP contribution < -0.4 is 10.2 Å². The van der Waals surface area contributed by atoms with Crippen LogP contribution in [0.25, 0.3) is 0 Å². The van der Waals surface area contributed by atoms with Gasteiger partial charge in [-0.15, -0.1) is 0 Å². The topological polar surface area (TPSA) is 28.2 Å². The first-order valence-electron chi connectivity index (χ1n) is 7.15. The molecule has 1 fully saturated rings. The summed E-state index contributed by atoms with van der Waals surface area (Å²) in [5, 5.41) is 3.86. The third-order valence-electron chi connectivity index (χ3n) is 3.86. The van der Waals surface area contributed by atoms with E-state index in [9.17, 15) is 8.78 Å². The molecule has 3 nitrogen and oxygen atoms in total. The number of hydrogen-bond donors (Lipinski definition) is 1. The summed E-state index contributed by atoms with van der Waals surface area (Å²) in [5.41, 5.74) is 1.80. The summed E-state index contributed by atoms with van der Waals surface area (Å²) in [6, 6.07) is 7.85. The first kappa shape index (κ1) is 15.2. The van der Waals surface area contributed by atoms with Crippen molar-refractivity contribution in [2.45, 2.75) is 19.0 Å². The van der Waals surface area contributed by atoms with Crippen LogP contribution in [0.15, 0.2) is 36.5 Å². The van der Waals surface area contributed by atoms with Gasteiger partial charge in [-0.05, 0) is 36.2 Å². The molecule has 2 heterocycles. The SMILES string of the molecule is Fc1ccc(CN[C@H]2CCN(c3ccc(F)nc3)C2)c(Cl)c1. The van der Waals surface area contributed by atoms with E-state index in [0.717, 1.165) is 30.8 Å². The molecule has 3 rings (SSSR count). The number of nitrogens with zero attached hydrogens (tertiary/aromatic N) is 2. The number of pyridine rings is 1. The molecule has 6 heteroatoms. The van der Waals surface area contributed by atoms with E-state index in [1.807, 2.05) is 0 Å². The lowest BCUT2D eigenvalue weighted by Crippen LogP contribution is -2.32. The number of hydrogen-bond acceptors (Lipinski definition) is 3. The number of nitrogens with one attached hydrogen (secondary N) is 1. The van der Waals surface area contributed by atoms with E-state index in [4.69, 9.17) is 11.6 Å². The lowest BCUT2D eigenvalue weighted by Gasteiger charge is -2.18. The van der Waals surface area contributed by atoms with E-state index < -0.39 is 5.95 Å². The second-order valence-corrected chi connectivity index (χ2v) is 5.79. The minimum absolute atomic E-state index is 0.311. The average molecular weight is 324 g/mol. The van der Waals surface area contributed by atoms with E-state index in [1.165, 1.54) is 18.2 Å². The van der Waals surface area contributed by atoms with Gasteiger partial charge in [0.1, 0.15) is 5.82 Å². The molecule has 1 aromatic carbocycles. The lowest BCUT2D eigenvalue weighted by atomic mass is 10.2. The molecule has 0 radical (unpaired) electrons. The summed E-state index contributed by atoms with van der Waals surface area (Å²) >= 11 is 6.02. The molecule has 1 atom stereocenters. The monoisotopic (exact) mass is 323 g/mol. The lowest BCUT2D eigenvalue weighted by molar-refractivity contribution is 0.550. The quantitative estimate of drug-likeness (QED) is 0.874. The maximum absolute atomic E-state index is 13.0. The Morgan fingerprint density at radius 3 is 2.86 bits per heavy atom. The van der Waals surface area contributed by atoms with Gasteiger partial charge in [-0.1, -0.05) is 17.7 Å². The van der Waals surface area contributed by atoms with Gasteiger partial charge in [-0.2, -0.15) is 4.39 Å². The van der Waals surface area contributed by atoms with Crippen molar-refractivity contribution in [3.63, 3.8) is 0 Å². The highest BCUT2D eigenvalue weighted by atomic mass is 35.5. The van der Waals surface area contributed by atoms with Crippen molar-refractivity contribution in [1.29, 1.82) is 0 Å². The molecule has 1 aliphatic rings. The van der Waals surface area contributed by atoms with E-state index in [2.05, 4.69) is 15.2 Å². The molecule has 2 aromatic rings. The molecule has 1 N–H and O–H groups in total. The highest BCUT2D eigenvalue weighted by Crippen LogP contribution is 2.21. The molecule has 116 valence electrons. The first-order chi connectivity index (χ1) is 10.6. The van der Waals surface area contributed by atoms with Gasteiger partial charge in [0, 0.05) is 30.7 Å². The summed E-state index contributed by atoms with van der Waals surface area (Å²) in [7, 11) is 0. The van der Waals surface area contributed by atoms with E-state index in [-0.39, 0.29) is 5.82 Å². The predicted octanol–water partition coefficient (Wildman–Crippen LogP) is 3.38. The van der Waals surface area contributed by atoms with Crippen molar-refractivity contribution in [3.8, 4) is 0 Å². The molecule has 1 saturated heterocycles. The number of rotatable bonds is 4. The summed E-state index contributed by atoms with van der Waals surface area (Å²) in [6.45, 7) is 2.31. The zero-order valence-electron chi connectivity index (χ0n) is 11.9. The highest BCUT2D eigenvalue weighted by Gasteiger charge is 2.22. The van der Waals surface area contributed by atoms with Crippen LogP contribution >= 0.6 is 11.6 Å². The van der Waals surface area contributed by atoms with Crippen LogP contribution in [0, 0.1) is 11.8 Å². The van der Waals surface area contributed by atoms with Gasteiger partial charge in [0.05, 0.1) is 11.9 Å². The number of benzene rings is 1. The first-order valence-corrected chi connectivity index (χ1v) is 7.53. The fourth-order valence-corrected chi connectivity index (χ4v) is 2.87. The third-order valence-corrected chi connectivity index (χ3v) is 4.21. The van der Waals surface area contributed by atoms with Crippen molar-refractivity contribution in [2.75, 3.05) is 18.0 Å². The maximum atomic E-state index is 13.0. The Hall–Kier alpha value is -1.72. The summed E-state index contributed by atoms with van der Waals surface area (Å²) < 4.78 is 25.9. The van der Waals surface area contributed by atoms with Crippen LogP contribution in [0.1, 0.15) is 12.0 Å². The Morgan fingerprint density at radius 1 is 1.27 bits per heavy atom. The molecule has 1 aromatic heterocycles. The van der Waals surface area contributed by atoms with Crippen LogP contribution in [0.2, 0.25) is 5.02 Å². The van der Waals surface area contributed by atoms with Crippen molar-refractivity contribution >= 4 is 17.3 Å². The van der Waals surface area contributed by atoms with Gasteiger partial charge < -0.3 is 10.2 Å². The number of halogens is 3. The van der Waals surface area contributed by atoms with Gasteiger partial charge in [0.25, 0.3) is 0 Å². The van der Waals surface area contributed by atoms with Crippen LogP contribution in [0.4, 0.5) is 14.5 Å². The molecule has 22 heavy (non-hydrogen) atoms. The molecule has 0 saturated carbocycles. The second kappa shape index (κ2) is 6.58. The van der Waals surface area contributed by atoms with Gasteiger partial charge >= 0.3 is 0 Å². The van der Waals surface area contributed by atoms with Gasteiger partial charge in [-0.3, -0.25) is 0 Å². The minimum atomic E-state index is -0.469. The van der Waals surface area contributed by atoms with E-state index >= 15 is 0 Å².